The molecule has 0 aliphatic heterocycles. The van der Waals surface area contributed by atoms with Crippen LogP contribution in [0.1, 0.15) is 0 Å². The second-order valence-electron chi connectivity index (χ2n) is 3.37. The second-order valence-corrected chi connectivity index (χ2v) is 3.37. The van der Waals surface area contributed by atoms with Crippen LogP contribution in [0, 0.1) is 0 Å². The number of nitrogen functional groups attached to an aromatic ring is 1. The van der Waals surface area contributed by atoms with E-state index in [0.717, 1.165) is 0 Å². The first-order valence-corrected chi connectivity index (χ1v) is 4.51. The van der Waals surface area contributed by atoms with Crippen LogP contribution in [0.3, 0.4) is 0 Å². The van der Waals surface area contributed by atoms with Gasteiger partial charge < -0.3 is 22.1 Å². The van der Waals surface area contributed by atoms with E-state index in [9.17, 15) is 9.59 Å². The van der Waals surface area contributed by atoms with Crippen LogP contribution in [-0.2, 0) is 16.6 Å². The van der Waals surface area contributed by atoms with E-state index in [2.05, 4.69) is 5.10 Å². The highest BCUT2D eigenvalue weighted by Crippen LogP contribution is 2.19. The van der Waals surface area contributed by atoms with Crippen molar-refractivity contribution >= 4 is 23.3 Å². The van der Waals surface area contributed by atoms with Gasteiger partial charge in [-0.3, -0.25) is 14.3 Å². The quantitative estimate of drug-likeness (QED) is 0.523. The molecule has 1 aromatic heterocycles. The number of hydrogen-bond acceptors (Lipinski definition) is 5. The predicted molar refractivity (Wildman–Crippen MR) is 58.2 cm³/mol. The second kappa shape index (κ2) is 4.51. The van der Waals surface area contributed by atoms with Gasteiger partial charge in [-0.1, -0.05) is 0 Å². The third kappa shape index (κ3) is 2.87. The molecule has 2 amide bonds. The summed E-state index contributed by atoms with van der Waals surface area (Å²) in [4.78, 5) is 23.0. The molecule has 6 N–H and O–H groups in total. The molecule has 0 saturated carbocycles. The van der Waals surface area contributed by atoms with Gasteiger partial charge in [0.1, 0.15) is 0 Å². The van der Waals surface area contributed by atoms with Crippen molar-refractivity contribution in [1.82, 2.24) is 9.78 Å². The molecule has 0 fully saturated rings. The number of nitrogens with two attached hydrogens (primary N) is 3. The van der Waals surface area contributed by atoms with Crippen LogP contribution in [0.25, 0.3) is 0 Å². The largest absolute Gasteiger partial charge is 0.394 e. The first-order chi connectivity index (χ1) is 7.40. The number of carbonyl (C=O) groups is 2. The molecule has 8 heteroatoms. The summed E-state index contributed by atoms with van der Waals surface area (Å²) in [5.74, 6) is -0.863. The lowest BCUT2D eigenvalue weighted by Crippen LogP contribution is -2.40. The van der Waals surface area contributed by atoms with Gasteiger partial charge in [-0.25, -0.2) is 0 Å². The fourth-order valence-corrected chi connectivity index (χ4v) is 1.32. The monoisotopic (exact) mass is 226 g/mol. The van der Waals surface area contributed by atoms with E-state index < -0.39 is 11.8 Å². The Bertz CT molecular complexity index is 397. The van der Waals surface area contributed by atoms with Gasteiger partial charge >= 0.3 is 0 Å². The lowest BCUT2D eigenvalue weighted by molar-refractivity contribution is -0.117. The van der Waals surface area contributed by atoms with Crippen LogP contribution < -0.4 is 22.1 Å². The molecule has 88 valence electrons. The fourth-order valence-electron chi connectivity index (χ4n) is 1.32. The summed E-state index contributed by atoms with van der Waals surface area (Å²) in [6.07, 6.45) is 1.56. The molecule has 8 nitrogen and oxygen atoms in total. The van der Waals surface area contributed by atoms with E-state index in [4.69, 9.17) is 17.2 Å². The molecule has 0 aliphatic carbocycles. The van der Waals surface area contributed by atoms with Gasteiger partial charge in [0, 0.05) is 13.2 Å². The van der Waals surface area contributed by atoms with Crippen molar-refractivity contribution in [2.75, 3.05) is 23.7 Å². The average molecular weight is 226 g/mol. The van der Waals surface area contributed by atoms with Crippen molar-refractivity contribution in [2.45, 2.75) is 0 Å². The molecule has 16 heavy (non-hydrogen) atoms. The smallest absolute Gasteiger partial charge is 0.237 e. The summed E-state index contributed by atoms with van der Waals surface area (Å²) in [6, 6.07) is 0. The fraction of sp³-hybridized carbons (Fsp3) is 0.375. The van der Waals surface area contributed by atoms with Crippen LogP contribution in [-0.4, -0.2) is 34.7 Å². The highest BCUT2D eigenvalue weighted by Gasteiger charge is 2.17. The van der Waals surface area contributed by atoms with Crippen molar-refractivity contribution < 1.29 is 9.59 Å². The van der Waals surface area contributed by atoms with Gasteiger partial charge in [0.25, 0.3) is 0 Å². The maximum atomic E-state index is 10.8. The number of aromatic nitrogens is 2. The molecule has 0 unspecified atom stereocenters. The summed E-state index contributed by atoms with van der Waals surface area (Å²) in [5.41, 5.74) is 16.1. The van der Waals surface area contributed by atoms with E-state index in [1.807, 2.05) is 0 Å². The zero-order valence-electron chi connectivity index (χ0n) is 8.88. The average Bonchev–Trinajstić information content (AvgIpc) is 2.42. The molecule has 0 bridgehead atoms. The Morgan fingerprint density at radius 3 is 2.19 bits per heavy atom. The van der Waals surface area contributed by atoms with E-state index in [1.54, 1.807) is 13.2 Å². The van der Waals surface area contributed by atoms with Crippen LogP contribution in [0.15, 0.2) is 6.20 Å². The van der Waals surface area contributed by atoms with E-state index in [0.29, 0.717) is 11.5 Å². The number of anilines is 2. The van der Waals surface area contributed by atoms with E-state index in [-0.39, 0.29) is 13.1 Å². The lowest BCUT2D eigenvalue weighted by Gasteiger charge is -2.19. The van der Waals surface area contributed by atoms with Gasteiger partial charge in [0.05, 0.1) is 18.8 Å². The molecule has 0 atom stereocenters. The molecule has 0 saturated heterocycles. The molecule has 1 rings (SSSR count). The Hall–Kier alpha value is -2.25. The molecular weight excluding hydrogens is 212 g/mol. The maximum Gasteiger partial charge on any atom is 0.237 e. The van der Waals surface area contributed by atoms with Crippen LogP contribution >= 0.6 is 0 Å². The number of rotatable bonds is 5. The Labute approximate surface area is 92.0 Å². The molecule has 0 radical (unpaired) electrons. The highest BCUT2D eigenvalue weighted by atomic mass is 16.2. The molecule has 0 spiro atoms. The molecule has 1 heterocycles. The number of nitrogens with zero attached hydrogens (tertiary/aromatic N) is 3. The van der Waals surface area contributed by atoms with E-state index in [1.165, 1.54) is 9.58 Å². The van der Waals surface area contributed by atoms with Crippen molar-refractivity contribution in [1.29, 1.82) is 0 Å². The number of primary amides is 2. The van der Waals surface area contributed by atoms with Gasteiger partial charge in [-0.2, -0.15) is 5.10 Å². The number of amides is 2. The number of aryl methyl sites for hydroxylation is 1. The number of carbonyl (C=O) groups excluding carboxylic acids is 2. The minimum atomic E-state index is -0.591. The summed E-state index contributed by atoms with van der Waals surface area (Å²) in [7, 11) is 1.67. The first-order valence-electron chi connectivity index (χ1n) is 4.51. The predicted octanol–water partition coefficient (Wildman–Crippen LogP) is -2.22. The van der Waals surface area contributed by atoms with Gasteiger partial charge in [0.2, 0.25) is 11.8 Å². The molecule has 0 aromatic carbocycles. The van der Waals surface area contributed by atoms with Crippen molar-refractivity contribution in [3.63, 3.8) is 0 Å². The standard InChI is InChI=1S/C8H14N6O2/c1-13-2-5(9)8(12-13)14(3-6(10)15)4-7(11)16/h2H,3-4,9H2,1H3,(H2,10,15)(H2,11,16). The summed E-state index contributed by atoms with van der Waals surface area (Å²) in [6.45, 7) is -0.325. The Balaban J connectivity index is 2.95. The van der Waals surface area contributed by atoms with Gasteiger partial charge in [-0.15, -0.1) is 0 Å². The van der Waals surface area contributed by atoms with Crippen LogP contribution in [0.4, 0.5) is 11.5 Å². The number of hydrogen-bond donors (Lipinski definition) is 3. The van der Waals surface area contributed by atoms with Crippen molar-refractivity contribution in [2.24, 2.45) is 18.5 Å². The lowest BCUT2D eigenvalue weighted by atomic mass is 10.4. The Kier molecular flexibility index (Phi) is 3.33. The molecular formula is C8H14N6O2. The Morgan fingerprint density at radius 1 is 1.38 bits per heavy atom. The topological polar surface area (TPSA) is 133 Å². The van der Waals surface area contributed by atoms with Gasteiger partial charge in [0.15, 0.2) is 5.82 Å². The van der Waals surface area contributed by atoms with E-state index >= 15 is 0 Å². The molecule has 0 aliphatic rings. The SMILES string of the molecule is Cn1cc(N)c(N(CC(N)=O)CC(N)=O)n1. The van der Waals surface area contributed by atoms with Crippen LogP contribution in [0.5, 0.6) is 0 Å². The highest BCUT2D eigenvalue weighted by molar-refractivity contribution is 5.85. The third-order valence-corrected chi connectivity index (χ3v) is 1.83. The first kappa shape index (κ1) is 11.8. The normalized spacial score (nSPS) is 10.1. The van der Waals surface area contributed by atoms with Gasteiger partial charge in [-0.05, 0) is 0 Å². The van der Waals surface area contributed by atoms with Crippen molar-refractivity contribution in [3.8, 4) is 0 Å². The summed E-state index contributed by atoms with van der Waals surface area (Å²) < 4.78 is 1.47. The zero-order chi connectivity index (χ0) is 12.3. The van der Waals surface area contributed by atoms with Crippen molar-refractivity contribution in [3.05, 3.63) is 6.20 Å². The third-order valence-electron chi connectivity index (χ3n) is 1.83. The maximum absolute atomic E-state index is 10.8. The molecule has 1 aromatic rings. The minimum absolute atomic E-state index is 0.163. The summed E-state index contributed by atoms with van der Waals surface area (Å²) in [5, 5.41) is 4.02. The zero-order valence-corrected chi connectivity index (χ0v) is 8.88. The minimum Gasteiger partial charge on any atom is -0.394 e. The summed E-state index contributed by atoms with van der Waals surface area (Å²) >= 11 is 0. The van der Waals surface area contributed by atoms with Crippen LogP contribution in [0.2, 0.25) is 0 Å². The Morgan fingerprint density at radius 2 is 1.88 bits per heavy atom.